The summed E-state index contributed by atoms with van der Waals surface area (Å²) in [5, 5.41) is 6.05. The topological polar surface area (TPSA) is 58.2 Å². The number of aryl methyl sites for hydroxylation is 1. The molecule has 0 spiro atoms. The van der Waals surface area contributed by atoms with Crippen LogP contribution >= 0.6 is 11.6 Å². The second-order valence-corrected chi connectivity index (χ2v) is 6.92. The number of halogens is 1. The second-order valence-electron chi connectivity index (χ2n) is 6.51. The molecule has 0 aliphatic heterocycles. The van der Waals surface area contributed by atoms with E-state index in [-0.39, 0.29) is 11.8 Å². The van der Waals surface area contributed by atoms with Gasteiger partial charge in [0.25, 0.3) is 11.8 Å². The smallest absolute Gasteiger partial charge is 0.255 e. The fraction of sp³-hybridized carbons (Fsp3) is 0.130. The van der Waals surface area contributed by atoms with Crippen LogP contribution in [0, 0.1) is 6.92 Å². The molecule has 2 amide bonds. The van der Waals surface area contributed by atoms with E-state index in [9.17, 15) is 9.59 Å². The van der Waals surface area contributed by atoms with Crippen LogP contribution in [0.25, 0.3) is 0 Å². The van der Waals surface area contributed by atoms with Gasteiger partial charge in [0, 0.05) is 17.7 Å². The van der Waals surface area contributed by atoms with Crippen molar-refractivity contribution in [1.29, 1.82) is 0 Å². The van der Waals surface area contributed by atoms with Crippen molar-refractivity contribution in [3.05, 3.63) is 100 Å². The quantitative estimate of drug-likeness (QED) is 0.628. The van der Waals surface area contributed by atoms with Crippen molar-refractivity contribution >= 4 is 29.1 Å². The van der Waals surface area contributed by atoms with E-state index in [0.717, 1.165) is 17.5 Å². The SMILES string of the molecule is Cc1cccc(C(=O)Nc2cc(C(=O)NCCc3ccccc3)ccc2Cl)c1. The maximum Gasteiger partial charge on any atom is 0.255 e. The van der Waals surface area contributed by atoms with E-state index in [2.05, 4.69) is 10.6 Å². The number of hydrogen-bond acceptors (Lipinski definition) is 2. The number of hydrogen-bond donors (Lipinski definition) is 2. The zero-order chi connectivity index (χ0) is 19.9. The van der Waals surface area contributed by atoms with Crippen LogP contribution in [0.1, 0.15) is 31.8 Å². The Hall–Kier alpha value is -3.11. The Balaban J connectivity index is 1.65. The van der Waals surface area contributed by atoms with Gasteiger partial charge in [-0.1, -0.05) is 59.6 Å². The van der Waals surface area contributed by atoms with Crippen molar-refractivity contribution in [2.75, 3.05) is 11.9 Å². The first-order chi connectivity index (χ1) is 13.5. The molecule has 0 saturated carbocycles. The summed E-state index contributed by atoms with van der Waals surface area (Å²) in [6.07, 6.45) is 0.747. The first-order valence-electron chi connectivity index (χ1n) is 9.02. The van der Waals surface area contributed by atoms with Gasteiger partial charge < -0.3 is 10.6 Å². The first kappa shape index (κ1) is 19.6. The van der Waals surface area contributed by atoms with E-state index >= 15 is 0 Å². The van der Waals surface area contributed by atoms with E-state index in [4.69, 9.17) is 11.6 Å². The predicted molar refractivity (Wildman–Crippen MR) is 113 cm³/mol. The van der Waals surface area contributed by atoms with Gasteiger partial charge in [-0.05, 0) is 49.2 Å². The molecule has 2 N–H and O–H groups in total. The Labute approximate surface area is 169 Å². The normalized spacial score (nSPS) is 10.4. The highest BCUT2D eigenvalue weighted by Crippen LogP contribution is 2.24. The molecule has 5 heteroatoms. The van der Waals surface area contributed by atoms with E-state index in [1.165, 1.54) is 0 Å². The van der Waals surface area contributed by atoms with Gasteiger partial charge in [0.05, 0.1) is 10.7 Å². The van der Waals surface area contributed by atoms with Gasteiger partial charge in [-0.25, -0.2) is 0 Å². The van der Waals surface area contributed by atoms with Gasteiger partial charge in [-0.3, -0.25) is 9.59 Å². The minimum absolute atomic E-state index is 0.210. The Morgan fingerprint density at radius 3 is 2.36 bits per heavy atom. The average molecular weight is 393 g/mol. The third kappa shape index (κ3) is 5.21. The van der Waals surface area contributed by atoms with Crippen molar-refractivity contribution in [2.45, 2.75) is 13.3 Å². The lowest BCUT2D eigenvalue weighted by Crippen LogP contribution is -2.25. The highest BCUT2D eigenvalue weighted by molar-refractivity contribution is 6.34. The summed E-state index contributed by atoms with van der Waals surface area (Å²) in [5.74, 6) is -0.481. The third-order valence-electron chi connectivity index (χ3n) is 4.30. The lowest BCUT2D eigenvalue weighted by Gasteiger charge is -2.11. The summed E-state index contributed by atoms with van der Waals surface area (Å²) in [6.45, 7) is 2.45. The number of nitrogens with one attached hydrogen (secondary N) is 2. The van der Waals surface area contributed by atoms with Gasteiger partial charge in [0.1, 0.15) is 0 Å². The van der Waals surface area contributed by atoms with E-state index in [1.807, 2.05) is 49.4 Å². The number of benzene rings is 3. The summed E-state index contributed by atoms with van der Waals surface area (Å²) in [4.78, 5) is 24.9. The molecule has 0 aliphatic rings. The summed E-state index contributed by atoms with van der Waals surface area (Å²) >= 11 is 6.20. The maximum absolute atomic E-state index is 12.5. The third-order valence-corrected chi connectivity index (χ3v) is 4.63. The van der Waals surface area contributed by atoms with Gasteiger partial charge in [0.2, 0.25) is 0 Å². The van der Waals surface area contributed by atoms with Crippen LogP contribution in [0.2, 0.25) is 5.02 Å². The molecule has 0 bridgehead atoms. The molecule has 28 heavy (non-hydrogen) atoms. The molecular weight excluding hydrogens is 372 g/mol. The molecule has 0 unspecified atom stereocenters. The summed E-state index contributed by atoms with van der Waals surface area (Å²) in [5.41, 5.74) is 3.53. The van der Waals surface area contributed by atoms with Crippen LogP contribution < -0.4 is 10.6 Å². The molecule has 0 atom stereocenters. The summed E-state index contributed by atoms with van der Waals surface area (Å²) in [7, 11) is 0. The van der Waals surface area contributed by atoms with Crippen LogP contribution in [0.3, 0.4) is 0 Å². The maximum atomic E-state index is 12.5. The Morgan fingerprint density at radius 2 is 1.61 bits per heavy atom. The van der Waals surface area contributed by atoms with Crippen molar-refractivity contribution in [3.63, 3.8) is 0 Å². The lowest BCUT2D eigenvalue weighted by atomic mass is 10.1. The molecule has 3 aromatic carbocycles. The molecule has 0 heterocycles. The molecule has 3 aromatic rings. The van der Waals surface area contributed by atoms with Gasteiger partial charge in [0.15, 0.2) is 0 Å². The van der Waals surface area contributed by atoms with E-state index < -0.39 is 0 Å². The summed E-state index contributed by atoms with van der Waals surface area (Å²) < 4.78 is 0. The minimum Gasteiger partial charge on any atom is -0.352 e. The fourth-order valence-corrected chi connectivity index (χ4v) is 2.97. The summed E-state index contributed by atoms with van der Waals surface area (Å²) in [6, 6.07) is 22.1. The standard InChI is InChI=1S/C23H21ClN2O2/c1-16-6-5-9-18(14-16)23(28)26-21-15-19(10-11-20(21)24)22(27)25-13-12-17-7-3-2-4-8-17/h2-11,14-15H,12-13H2,1H3,(H,25,27)(H,26,28). The fourth-order valence-electron chi connectivity index (χ4n) is 2.81. The number of carbonyl (C=O) groups is 2. The van der Waals surface area contributed by atoms with Crippen molar-refractivity contribution in [1.82, 2.24) is 5.32 Å². The highest BCUT2D eigenvalue weighted by atomic mass is 35.5. The number of amides is 2. The lowest BCUT2D eigenvalue weighted by molar-refractivity contribution is 0.0952. The second kappa shape index (κ2) is 9.20. The monoisotopic (exact) mass is 392 g/mol. The first-order valence-corrected chi connectivity index (χ1v) is 9.40. The number of rotatable bonds is 6. The molecule has 0 aliphatic carbocycles. The zero-order valence-electron chi connectivity index (χ0n) is 15.5. The molecule has 142 valence electrons. The molecular formula is C23H21ClN2O2. The Kier molecular flexibility index (Phi) is 6.45. The van der Waals surface area contributed by atoms with Crippen LogP contribution in [0.5, 0.6) is 0 Å². The Morgan fingerprint density at radius 1 is 0.857 bits per heavy atom. The van der Waals surface area contributed by atoms with Crippen molar-refractivity contribution < 1.29 is 9.59 Å². The molecule has 3 rings (SSSR count). The van der Waals surface area contributed by atoms with Crippen LogP contribution in [0.4, 0.5) is 5.69 Å². The van der Waals surface area contributed by atoms with Crippen LogP contribution in [0.15, 0.2) is 72.8 Å². The minimum atomic E-state index is -0.271. The number of anilines is 1. The zero-order valence-corrected chi connectivity index (χ0v) is 16.3. The largest absolute Gasteiger partial charge is 0.352 e. The van der Waals surface area contributed by atoms with Crippen molar-refractivity contribution in [3.8, 4) is 0 Å². The highest BCUT2D eigenvalue weighted by Gasteiger charge is 2.12. The molecule has 0 saturated heterocycles. The van der Waals surface area contributed by atoms with E-state index in [0.29, 0.717) is 28.4 Å². The van der Waals surface area contributed by atoms with E-state index in [1.54, 1.807) is 30.3 Å². The van der Waals surface area contributed by atoms with Crippen molar-refractivity contribution in [2.24, 2.45) is 0 Å². The molecule has 0 radical (unpaired) electrons. The predicted octanol–water partition coefficient (Wildman–Crippen LogP) is 4.87. The molecule has 0 aromatic heterocycles. The van der Waals surface area contributed by atoms with Crippen LogP contribution in [-0.2, 0) is 6.42 Å². The Bertz CT molecular complexity index is 987. The van der Waals surface area contributed by atoms with Crippen LogP contribution in [-0.4, -0.2) is 18.4 Å². The molecule has 4 nitrogen and oxygen atoms in total. The van der Waals surface area contributed by atoms with Gasteiger partial charge in [-0.15, -0.1) is 0 Å². The average Bonchev–Trinajstić information content (AvgIpc) is 2.70. The number of carbonyl (C=O) groups excluding carboxylic acids is 2. The van der Waals surface area contributed by atoms with Gasteiger partial charge in [-0.2, -0.15) is 0 Å². The van der Waals surface area contributed by atoms with Gasteiger partial charge >= 0.3 is 0 Å². The molecule has 0 fully saturated rings.